The number of hydrogen-bond donors (Lipinski definition) is 2. The van der Waals surface area contributed by atoms with Crippen molar-refractivity contribution in [3.05, 3.63) is 44.8 Å². The molecule has 0 radical (unpaired) electrons. The average molecular weight is 429 g/mol. The number of benzene rings is 1. The van der Waals surface area contributed by atoms with Crippen molar-refractivity contribution in [3.8, 4) is 0 Å². The summed E-state index contributed by atoms with van der Waals surface area (Å²) in [5, 5.41) is 13.6. The minimum absolute atomic E-state index is 0.0286. The van der Waals surface area contributed by atoms with Crippen LogP contribution in [0.3, 0.4) is 0 Å². The van der Waals surface area contributed by atoms with Gasteiger partial charge < -0.3 is 14.7 Å². The smallest absolute Gasteiger partial charge is 0.371 e. The quantitative estimate of drug-likeness (QED) is 0.626. The maximum atomic E-state index is 15.8. The number of imidazole rings is 1. The highest BCUT2D eigenvalue weighted by atomic mass is 79.9. The molecule has 0 amide bonds. The highest BCUT2D eigenvalue weighted by Gasteiger charge is 2.48. The predicted molar refractivity (Wildman–Crippen MR) is 91.1 cm³/mol. The molecule has 1 atom stereocenters. The summed E-state index contributed by atoms with van der Waals surface area (Å²) in [4.78, 5) is 14.5. The van der Waals surface area contributed by atoms with Crippen LogP contribution in [0.5, 0.6) is 0 Å². The summed E-state index contributed by atoms with van der Waals surface area (Å²) in [7, 11) is 0. The molecule has 1 aromatic carbocycles. The van der Waals surface area contributed by atoms with Crippen molar-refractivity contribution in [2.75, 3.05) is 0 Å². The van der Waals surface area contributed by atoms with Crippen LogP contribution in [0.4, 0.5) is 8.78 Å². The number of nitrogens with one attached hydrogen (secondary N) is 1. The van der Waals surface area contributed by atoms with Crippen molar-refractivity contribution in [2.24, 2.45) is 0 Å². The Morgan fingerprint density at radius 1 is 1.48 bits per heavy atom. The molecule has 10 heteroatoms. The highest BCUT2D eigenvalue weighted by Crippen LogP contribution is 2.35. The molecule has 3 aromatic rings. The lowest BCUT2D eigenvalue weighted by molar-refractivity contribution is -0.155. The van der Waals surface area contributed by atoms with Gasteiger partial charge in [0.15, 0.2) is 4.77 Å². The maximum Gasteiger partial charge on any atom is 0.371 e. The molecule has 2 N–H and O–H groups in total. The van der Waals surface area contributed by atoms with Crippen LogP contribution in [0.25, 0.3) is 10.9 Å². The van der Waals surface area contributed by atoms with Crippen LogP contribution in [0.1, 0.15) is 17.8 Å². The Hall–Kier alpha value is -2.07. The van der Waals surface area contributed by atoms with Gasteiger partial charge in [0.1, 0.15) is 11.5 Å². The van der Waals surface area contributed by atoms with Gasteiger partial charge >= 0.3 is 11.8 Å². The Labute approximate surface area is 153 Å². The molecule has 25 heavy (non-hydrogen) atoms. The van der Waals surface area contributed by atoms with Gasteiger partial charge in [0, 0.05) is 22.9 Å². The van der Waals surface area contributed by atoms with E-state index in [0.717, 1.165) is 12.6 Å². The first-order chi connectivity index (χ1) is 11.8. The largest absolute Gasteiger partial charge is 0.477 e. The van der Waals surface area contributed by atoms with Crippen LogP contribution in [-0.2, 0) is 23.6 Å². The molecule has 6 nitrogen and oxygen atoms in total. The zero-order valence-electron chi connectivity index (χ0n) is 12.6. The Bertz CT molecular complexity index is 1090. The van der Waals surface area contributed by atoms with Crippen molar-refractivity contribution in [2.45, 2.75) is 25.2 Å². The fourth-order valence-corrected chi connectivity index (χ4v) is 3.93. The molecule has 2 aromatic heterocycles. The third-order valence-corrected chi connectivity index (χ3v) is 5.14. The number of carboxylic acid groups (broad SMARTS) is 1. The number of hydrogen-bond acceptors (Lipinski definition) is 3. The second-order valence-corrected chi connectivity index (χ2v) is 7.13. The van der Waals surface area contributed by atoms with Gasteiger partial charge in [-0.3, -0.25) is 0 Å². The van der Waals surface area contributed by atoms with E-state index in [1.54, 1.807) is 4.57 Å². The highest BCUT2D eigenvalue weighted by molar-refractivity contribution is 9.10. The lowest BCUT2D eigenvalue weighted by Crippen LogP contribution is -2.40. The molecule has 4 rings (SSSR count). The molecule has 1 aliphatic rings. The van der Waals surface area contributed by atoms with Gasteiger partial charge in [0.05, 0.1) is 10.9 Å². The fraction of sp³-hybridized carbons (Fsp3) is 0.267. The van der Waals surface area contributed by atoms with Crippen LogP contribution in [0, 0.1) is 10.6 Å². The number of alkyl halides is 1. The molecule has 0 aliphatic carbocycles. The Morgan fingerprint density at radius 3 is 2.96 bits per heavy atom. The third-order valence-electron chi connectivity index (χ3n) is 4.36. The van der Waals surface area contributed by atoms with Gasteiger partial charge in [-0.2, -0.15) is 9.49 Å². The lowest BCUT2D eigenvalue weighted by Gasteiger charge is -2.20. The summed E-state index contributed by atoms with van der Waals surface area (Å²) >= 11 is 8.30. The van der Waals surface area contributed by atoms with Crippen LogP contribution < -0.4 is 0 Å². The van der Waals surface area contributed by atoms with Crippen molar-refractivity contribution < 1.29 is 18.7 Å². The molecule has 0 saturated carbocycles. The standard InChI is InChI=1S/C15H11BrF2N4O2S/c16-7-4-9(17)8-6-22(20-10(8)5-7)15(18,13(23)24)12-11-2-1-3-21(11)14(25)19-12/h4-6H,1-3H2,(H,19,25)(H,23,24). The minimum Gasteiger partial charge on any atom is -0.477 e. The van der Waals surface area contributed by atoms with Crippen LogP contribution >= 0.6 is 28.1 Å². The van der Waals surface area contributed by atoms with E-state index in [4.69, 9.17) is 12.2 Å². The molecule has 0 saturated heterocycles. The number of carboxylic acids is 1. The van der Waals surface area contributed by atoms with E-state index in [0.29, 0.717) is 27.8 Å². The SMILES string of the molecule is O=C(O)C(F)(c1[nH]c(=S)n2c1CCC2)n1cc2c(F)cc(Br)cc2n1. The molecule has 3 heterocycles. The summed E-state index contributed by atoms with van der Waals surface area (Å²) in [5.41, 5.74) is 0.468. The molecule has 1 aliphatic heterocycles. The van der Waals surface area contributed by atoms with E-state index >= 15 is 4.39 Å². The lowest BCUT2D eigenvalue weighted by atomic mass is 10.1. The summed E-state index contributed by atoms with van der Waals surface area (Å²) < 4.78 is 32.9. The van der Waals surface area contributed by atoms with Gasteiger partial charge in [-0.1, -0.05) is 15.9 Å². The molecular formula is C15H11BrF2N4O2S. The van der Waals surface area contributed by atoms with E-state index in [9.17, 15) is 14.3 Å². The van der Waals surface area contributed by atoms with Gasteiger partial charge in [-0.15, -0.1) is 0 Å². The molecule has 130 valence electrons. The number of halogens is 3. The molecule has 1 unspecified atom stereocenters. The number of rotatable bonds is 3. The predicted octanol–water partition coefficient (Wildman–Crippen LogP) is 3.50. The maximum absolute atomic E-state index is 15.8. The minimum atomic E-state index is -3.02. The van der Waals surface area contributed by atoms with Crippen molar-refractivity contribution in [1.82, 2.24) is 19.3 Å². The van der Waals surface area contributed by atoms with Gasteiger partial charge in [0.25, 0.3) is 0 Å². The van der Waals surface area contributed by atoms with Crippen molar-refractivity contribution in [1.29, 1.82) is 0 Å². The number of H-pyrrole nitrogens is 1. The zero-order chi connectivity index (χ0) is 17.9. The Balaban J connectivity index is 1.99. The van der Waals surface area contributed by atoms with Crippen LogP contribution in [-0.4, -0.2) is 30.4 Å². The van der Waals surface area contributed by atoms with E-state index in [1.807, 2.05) is 0 Å². The summed E-state index contributed by atoms with van der Waals surface area (Å²) in [6.45, 7) is 0.600. The molecule has 0 fully saturated rings. The first-order valence-electron chi connectivity index (χ1n) is 7.41. The van der Waals surface area contributed by atoms with Gasteiger partial charge in [-0.05, 0) is 37.2 Å². The third kappa shape index (κ3) is 2.27. The molecule has 0 bridgehead atoms. The summed E-state index contributed by atoms with van der Waals surface area (Å²) in [6.07, 6.45) is 2.31. The Kier molecular flexibility index (Phi) is 3.58. The second kappa shape index (κ2) is 5.46. The number of aromatic amines is 1. The average Bonchev–Trinajstić information content (AvgIpc) is 3.22. The van der Waals surface area contributed by atoms with Crippen molar-refractivity contribution in [3.63, 3.8) is 0 Å². The monoisotopic (exact) mass is 428 g/mol. The number of fused-ring (bicyclic) bond motifs is 2. The van der Waals surface area contributed by atoms with Crippen LogP contribution in [0.2, 0.25) is 0 Å². The summed E-state index contributed by atoms with van der Waals surface area (Å²) in [5.74, 6) is -5.40. The van der Waals surface area contributed by atoms with Gasteiger partial charge in [-0.25, -0.2) is 13.9 Å². The van der Waals surface area contributed by atoms with E-state index in [-0.39, 0.29) is 21.4 Å². The molecule has 0 spiro atoms. The van der Waals surface area contributed by atoms with E-state index in [1.165, 1.54) is 12.1 Å². The first-order valence-corrected chi connectivity index (χ1v) is 8.62. The topological polar surface area (TPSA) is 75.8 Å². The second-order valence-electron chi connectivity index (χ2n) is 5.83. The Morgan fingerprint density at radius 2 is 2.24 bits per heavy atom. The van der Waals surface area contributed by atoms with Crippen molar-refractivity contribution >= 4 is 45.0 Å². The normalized spacial score (nSPS) is 16.1. The number of aromatic nitrogens is 4. The fourth-order valence-electron chi connectivity index (χ4n) is 3.21. The zero-order valence-corrected chi connectivity index (χ0v) is 15.0. The number of nitrogens with zero attached hydrogens (tertiary/aromatic N) is 3. The van der Waals surface area contributed by atoms with E-state index in [2.05, 4.69) is 26.0 Å². The van der Waals surface area contributed by atoms with Crippen LogP contribution in [0.15, 0.2) is 22.8 Å². The summed E-state index contributed by atoms with van der Waals surface area (Å²) in [6, 6.07) is 2.70. The number of carbonyl (C=O) groups is 1. The van der Waals surface area contributed by atoms with E-state index < -0.39 is 17.6 Å². The number of aliphatic carboxylic acids is 1. The van der Waals surface area contributed by atoms with Gasteiger partial charge in [0.2, 0.25) is 0 Å². The molecular weight excluding hydrogens is 418 g/mol. The first kappa shape index (κ1) is 16.4.